The van der Waals surface area contributed by atoms with Gasteiger partial charge in [0.2, 0.25) is 0 Å². The van der Waals surface area contributed by atoms with Gasteiger partial charge in [-0.1, -0.05) is 6.08 Å². The molecule has 3 saturated carbocycles. The third-order valence-corrected chi connectivity index (χ3v) is 6.12. The van der Waals surface area contributed by atoms with E-state index in [1.807, 2.05) is 0 Å². The van der Waals surface area contributed by atoms with Crippen LogP contribution in [-0.2, 0) is 4.74 Å². The number of ether oxygens (including phenoxy) is 1. The Morgan fingerprint density at radius 2 is 2.12 bits per heavy atom. The number of epoxide rings is 1. The second kappa shape index (κ2) is 2.93. The molecule has 0 spiro atoms. The van der Waals surface area contributed by atoms with Crippen LogP contribution < -0.4 is 0 Å². The van der Waals surface area contributed by atoms with Gasteiger partial charge in [0.05, 0.1) is 11.7 Å². The summed E-state index contributed by atoms with van der Waals surface area (Å²) in [6.45, 7) is 6.26. The van der Waals surface area contributed by atoms with Crippen LogP contribution in [0.2, 0.25) is 0 Å². The van der Waals surface area contributed by atoms with Crippen molar-refractivity contribution < 1.29 is 4.74 Å². The lowest BCUT2D eigenvalue weighted by Crippen LogP contribution is -2.36. The molecular weight excluding hydrogens is 196 g/mol. The summed E-state index contributed by atoms with van der Waals surface area (Å²) in [5.74, 6) is 5.02. The minimum absolute atomic E-state index is 0.305. The topological polar surface area (TPSA) is 12.5 Å². The molecule has 1 heterocycles. The van der Waals surface area contributed by atoms with Crippen LogP contribution in [0.15, 0.2) is 12.7 Å². The van der Waals surface area contributed by atoms with Crippen LogP contribution in [0.3, 0.4) is 0 Å². The van der Waals surface area contributed by atoms with Crippen molar-refractivity contribution >= 4 is 0 Å². The molecule has 0 aromatic carbocycles. The van der Waals surface area contributed by atoms with E-state index in [4.69, 9.17) is 4.74 Å². The maximum Gasteiger partial charge on any atom is 0.0923 e. The summed E-state index contributed by atoms with van der Waals surface area (Å²) < 4.78 is 5.90. The first kappa shape index (κ1) is 9.70. The molecule has 1 saturated heterocycles. The second-order valence-corrected chi connectivity index (χ2v) is 6.87. The highest BCUT2D eigenvalue weighted by Gasteiger charge is 2.64. The van der Waals surface area contributed by atoms with Crippen molar-refractivity contribution in [1.29, 1.82) is 0 Å². The zero-order valence-electron chi connectivity index (χ0n) is 10.2. The van der Waals surface area contributed by atoms with E-state index in [9.17, 15) is 0 Å². The van der Waals surface area contributed by atoms with E-state index < -0.39 is 0 Å². The van der Waals surface area contributed by atoms with Crippen molar-refractivity contribution in [2.45, 2.75) is 50.7 Å². The second-order valence-electron chi connectivity index (χ2n) is 6.87. The van der Waals surface area contributed by atoms with Crippen LogP contribution >= 0.6 is 0 Å². The van der Waals surface area contributed by atoms with Gasteiger partial charge in [-0.3, -0.25) is 0 Å². The molecule has 3 aliphatic carbocycles. The minimum Gasteiger partial charge on any atom is -0.366 e. The smallest absolute Gasteiger partial charge is 0.0923 e. The lowest BCUT2D eigenvalue weighted by molar-refractivity contribution is 0.115. The van der Waals surface area contributed by atoms with Crippen molar-refractivity contribution in [3.8, 4) is 0 Å². The fourth-order valence-electron chi connectivity index (χ4n) is 5.38. The number of allylic oxidation sites excluding steroid dienone is 1. The molecule has 0 radical (unpaired) electrons. The summed E-state index contributed by atoms with van der Waals surface area (Å²) in [4.78, 5) is 0. The maximum absolute atomic E-state index is 5.90. The Bertz CT molecular complexity index is 336. The molecule has 88 valence electrons. The predicted octanol–water partition coefficient (Wildman–Crippen LogP) is 3.40. The Kier molecular flexibility index (Phi) is 1.78. The summed E-state index contributed by atoms with van der Waals surface area (Å²) in [7, 11) is 0. The lowest BCUT2D eigenvalue weighted by atomic mass is 9.65. The van der Waals surface area contributed by atoms with Gasteiger partial charge < -0.3 is 4.74 Å². The summed E-state index contributed by atoms with van der Waals surface area (Å²) in [5, 5.41) is 0. The van der Waals surface area contributed by atoms with Crippen LogP contribution in [0, 0.1) is 29.6 Å². The van der Waals surface area contributed by atoms with Crippen LogP contribution in [-0.4, -0.2) is 11.7 Å². The highest BCUT2D eigenvalue weighted by Crippen LogP contribution is 2.65. The molecule has 2 bridgehead atoms. The molecule has 16 heavy (non-hydrogen) atoms. The number of hydrogen-bond acceptors (Lipinski definition) is 1. The molecule has 0 aromatic heterocycles. The number of rotatable bonds is 2. The normalized spacial score (nSPS) is 61.6. The molecule has 1 nitrogen and oxygen atoms in total. The molecular formula is C15H22O. The van der Waals surface area contributed by atoms with Crippen molar-refractivity contribution in [3.05, 3.63) is 12.7 Å². The number of fused-ring (bicyclic) bond motifs is 6. The highest BCUT2D eigenvalue weighted by atomic mass is 16.6. The zero-order chi connectivity index (χ0) is 10.9. The van der Waals surface area contributed by atoms with E-state index >= 15 is 0 Å². The van der Waals surface area contributed by atoms with E-state index in [1.54, 1.807) is 0 Å². The number of hydrogen-bond donors (Lipinski definition) is 0. The molecule has 1 aliphatic heterocycles. The summed E-state index contributed by atoms with van der Waals surface area (Å²) in [5.41, 5.74) is 0.305. The van der Waals surface area contributed by atoms with Gasteiger partial charge in [0.25, 0.3) is 0 Å². The van der Waals surface area contributed by atoms with Gasteiger partial charge in [0.1, 0.15) is 0 Å². The van der Waals surface area contributed by atoms with E-state index in [2.05, 4.69) is 19.6 Å². The summed E-state index contributed by atoms with van der Waals surface area (Å²) in [6.07, 6.45) is 9.77. The molecule has 7 atom stereocenters. The molecule has 1 heteroatoms. The average molecular weight is 218 g/mol. The Morgan fingerprint density at radius 3 is 2.94 bits per heavy atom. The van der Waals surface area contributed by atoms with Crippen molar-refractivity contribution in [1.82, 2.24) is 0 Å². The van der Waals surface area contributed by atoms with Gasteiger partial charge in [-0.05, 0) is 68.6 Å². The Morgan fingerprint density at radius 1 is 1.25 bits per heavy atom. The third-order valence-electron chi connectivity index (χ3n) is 6.12. The SMILES string of the molecule is C=CCC1CC2CC1C1CC3OC3(C)CC21. The van der Waals surface area contributed by atoms with E-state index in [-0.39, 0.29) is 0 Å². The summed E-state index contributed by atoms with van der Waals surface area (Å²) >= 11 is 0. The molecule has 4 aliphatic rings. The fraction of sp³-hybridized carbons (Fsp3) is 0.867. The molecule has 0 aromatic rings. The van der Waals surface area contributed by atoms with Crippen LogP contribution in [0.1, 0.15) is 39.0 Å². The minimum atomic E-state index is 0.305. The molecule has 0 amide bonds. The maximum atomic E-state index is 5.90. The van der Waals surface area contributed by atoms with E-state index in [0.717, 1.165) is 29.6 Å². The monoisotopic (exact) mass is 218 g/mol. The van der Waals surface area contributed by atoms with Crippen molar-refractivity contribution in [2.24, 2.45) is 29.6 Å². The Hall–Kier alpha value is -0.300. The van der Waals surface area contributed by atoms with Crippen LogP contribution in [0.5, 0.6) is 0 Å². The average Bonchev–Trinajstić information content (AvgIpc) is 2.61. The standard InChI is InChI=1S/C15H22O/c1-3-4-9-5-10-6-11(9)12-7-14-15(2,16-14)8-13(10)12/h3,9-14H,1,4-8H2,2H3. The van der Waals surface area contributed by atoms with Gasteiger partial charge in [-0.15, -0.1) is 6.58 Å². The van der Waals surface area contributed by atoms with Gasteiger partial charge in [-0.25, -0.2) is 0 Å². The van der Waals surface area contributed by atoms with Gasteiger partial charge >= 0.3 is 0 Å². The van der Waals surface area contributed by atoms with Crippen LogP contribution in [0.4, 0.5) is 0 Å². The predicted molar refractivity (Wildman–Crippen MR) is 64.0 cm³/mol. The molecule has 7 unspecified atom stereocenters. The Labute approximate surface area is 98.2 Å². The molecule has 4 fully saturated rings. The zero-order valence-corrected chi connectivity index (χ0v) is 10.2. The van der Waals surface area contributed by atoms with Gasteiger partial charge in [0.15, 0.2) is 0 Å². The largest absolute Gasteiger partial charge is 0.366 e. The highest BCUT2D eigenvalue weighted by molar-refractivity contribution is 5.13. The van der Waals surface area contributed by atoms with Crippen molar-refractivity contribution in [2.75, 3.05) is 0 Å². The van der Waals surface area contributed by atoms with E-state index in [1.165, 1.54) is 32.1 Å². The lowest BCUT2D eigenvalue weighted by Gasteiger charge is -2.39. The first-order valence-electron chi connectivity index (χ1n) is 7.00. The van der Waals surface area contributed by atoms with Crippen molar-refractivity contribution in [3.63, 3.8) is 0 Å². The van der Waals surface area contributed by atoms with Gasteiger partial charge in [0, 0.05) is 0 Å². The van der Waals surface area contributed by atoms with Crippen LogP contribution in [0.25, 0.3) is 0 Å². The third kappa shape index (κ3) is 1.11. The first-order valence-corrected chi connectivity index (χ1v) is 7.00. The summed E-state index contributed by atoms with van der Waals surface area (Å²) in [6, 6.07) is 0. The quantitative estimate of drug-likeness (QED) is 0.511. The van der Waals surface area contributed by atoms with Gasteiger partial charge in [-0.2, -0.15) is 0 Å². The van der Waals surface area contributed by atoms with E-state index in [0.29, 0.717) is 11.7 Å². The molecule has 4 rings (SSSR count). The Balaban J connectivity index is 1.56. The molecule has 0 N–H and O–H groups in total. The fourth-order valence-corrected chi connectivity index (χ4v) is 5.38. The first-order chi connectivity index (χ1) is 7.71.